The quantitative estimate of drug-likeness (QED) is 0.0258. The topological polar surface area (TPSA) is 36.9 Å². The Balaban J connectivity index is -0.000000386. The van der Waals surface area contributed by atoms with Gasteiger partial charge in [-0.15, -0.1) is 0 Å². The zero-order chi connectivity index (χ0) is 73.4. The Kier molecular flexibility index (Phi) is 74.8. The van der Waals surface area contributed by atoms with E-state index < -0.39 is 35.0 Å². The van der Waals surface area contributed by atoms with Crippen LogP contribution >= 0.6 is 35.0 Å². The summed E-state index contributed by atoms with van der Waals surface area (Å²) in [6.07, 6.45) is 50.7. The van der Waals surface area contributed by atoms with Gasteiger partial charge in [0.05, 0.1) is 26.4 Å². The molecule has 0 rings (SSSR count). The molecule has 0 aromatic rings. The van der Waals surface area contributed by atoms with Crippen molar-refractivity contribution in [2.75, 3.05) is 118 Å². The Bertz CT molecular complexity index is 1580. The van der Waals surface area contributed by atoms with Crippen LogP contribution in [0.5, 0.6) is 0 Å². The Hall–Kier alpha value is 2.81. The minimum atomic E-state index is -1.76. The van der Waals surface area contributed by atoms with Gasteiger partial charge in [0.25, 0.3) is 0 Å². The molecule has 0 unspecified atom stereocenters. The maximum absolute atomic E-state index is 6.32. The molecule has 0 amide bonds. The van der Waals surface area contributed by atoms with Crippen molar-refractivity contribution < 1.29 is 40.0 Å². The van der Waals surface area contributed by atoms with Gasteiger partial charge in [-0.05, 0) is 220 Å². The van der Waals surface area contributed by atoms with E-state index in [2.05, 4.69) is 138 Å². The summed E-state index contributed by atoms with van der Waals surface area (Å²) in [4.78, 5) is 0. The van der Waals surface area contributed by atoms with Gasteiger partial charge in [0.1, 0.15) is 0 Å². The molecule has 4 nitrogen and oxygen atoms in total. The van der Waals surface area contributed by atoms with Gasteiger partial charge in [-0.1, -0.05) is 284 Å². The van der Waals surface area contributed by atoms with E-state index in [0.29, 0.717) is 0 Å². The predicted octanol–water partition coefficient (Wildman–Crippen LogP) is 27.9. The summed E-state index contributed by atoms with van der Waals surface area (Å²) >= 11 is 24.4. The average Bonchev–Trinajstić information content (AvgIpc) is 0.782. The van der Waals surface area contributed by atoms with Crippen molar-refractivity contribution in [2.24, 2.45) is 0 Å². The monoisotopic (exact) mass is 1610 g/mol. The molecule has 0 heterocycles. The third kappa shape index (κ3) is 40.7. The molecule has 0 N–H and O–H groups in total. The van der Waals surface area contributed by atoms with Crippen molar-refractivity contribution in [2.45, 2.75) is 395 Å². The Morgan fingerprint density at radius 3 is 0.320 bits per heavy atom. The molecule has 0 spiro atoms. The zero-order valence-electron chi connectivity index (χ0n) is 69.7. The first-order valence-electron chi connectivity index (χ1n) is 42.4. The van der Waals surface area contributed by atoms with Gasteiger partial charge >= 0.3 is 21.1 Å². The van der Waals surface area contributed by atoms with E-state index in [1.165, 1.54) is 323 Å². The third-order valence-corrected chi connectivity index (χ3v) is 53.4. The van der Waals surface area contributed by atoms with Crippen molar-refractivity contribution in [1.29, 1.82) is 0 Å². The fraction of sp³-hybridized carbons (Fsp3) is 0.952. The van der Waals surface area contributed by atoms with Crippen LogP contribution in [0.3, 0.4) is 0 Å². The van der Waals surface area contributed by atoms with E-state index in [1.54, 1.807) is 0 Å². The second-order valence-corrected chi connectivity index (χ2v) is 54.9. The van der Waals surface area contributed by atoms with Crippen LogP contribution in [0.15, 0.2) is 0 Å². The van der Waals surface area contributed by atoms with Crippen molar-refractivity contribution in [3.05, 3.63) is 0 Å². The van der Waals surface area contributed by atoms with E-state index in [9.17, 15) is 0 Å². The molecule has 0 fully saturated rings. The van der Waals surface area contributed by atoms with Crippen LogP contribution in [0.1, 0.15) is 395 Å². The van der Waals surface area contributed by atoms with Crippen LogP contribution in [-0.4, -0.2) is 136 Å². The fourth-order valence-corrected chi connectivity index (χ4v) is 44.3. The number of hydrogen-bond donors (Lipinski definition) is 0. The summed E-state index contributed by atoms with van der Waals surface area (Å²) in [5.74, 6) is 21.3. The summed E-state index contributed by atoms with van der Waals surface area (Å²) in [5, 5.41) is 0. The van der Waals surface area contributed by atoms with Gasteiger partial charge in [-0.2, -0.15) is 0 Å². The third-order valence-electron chi connectivity index (χ3n) is 21.3. The summed E-state index contributed by atoms with van der Waals surface area (Å²) < 4.78 is 29.6. The molecule has 0 radical (unpaired) electrons. The Labute approximate surface area is 650 Å². The largest absolute Gasteiger partial charge is 4.00 e. The molecule has 0 aliphatic heterocycles. The molecule has 0 bridgehead atoms. The van der Waals surface area contributed by atoms with Crippen molar-refractivity contribution in [3.8, 4) is 0 Å². The van der Waals surface area contributed by atoms with Gasteiger partial charge < -0.3 is 69.5 Å². The van der Waals surface area contributed by atoms with Crippen molar-refractivity contribution >= 4 is 103 Å². The summed E-state index contributed by atoms with van der Waals surface area (Å²) in [6, 6.07) is 0. The van der Waals surface area contributed by atoms with Crippen LogP contribution in [0.4, 0.5) is 0 Å². The van der Waals surface area contributed by atoms with Gasteiger partial charge in [-0.25, -0.2) is 35.0 Å². The van der Waals surface area contributed by atoms with E-state index in [1.807, 2.05) is 0 Å². The van der Waals surface area contributed by atoms with Crippen LogP contribution in [0, 0.1) is 0 Å². The second kappa shape index (κ2) is 67.0. The van der Waals surface area contributed by atoms with E-state index in [-0.39, 0.29) is 21.1 Å². The normalized spacial score (nSPS) is 13.5. The molecule has 594 valence electrons. The first-order valence-corrected chi connectivity index (χ1v) is 54.9. The SMILES string of the molecule is CCCCOC([S-])=S(CCCC)(CCCC)(CCCC)CCCC.CCCCOC([S-])=S(CCCC)(CCCC)(CCCC)CCCC.CCCCOC([S-])=S(CCCC)(CCCC)(CCCC)CCCC.CCCCOC([S-])=S(CCCC)(CCCC)(CCCC)CCCC.[Mo+4]. The maximum Gasteiger partial charge on any atom is 4.00 e. The van der Waals surface area contributed by atoms with Crippen LogP contribution in [-0.2, 0) is 90.5 Å². The smallest absolute Gasteiger partial charge is 0.726 e. The summed E-state index contributed by atoms with van der Waals surface area (Å²) in [6.45, 7) is 49.4. The average molecular weight is 1610 g/mol. The van der Waals surface area contributed by atoms with Gasteiger partial charge in [0, 0.05) is 0 Å². The second-order valence-electron chi connectivity index (χ2n) is 29.9. The molecular weight excluding hydrogens is 1430 g/mol. The van der Waals surface area contributed by atoms with Crippen LogP contribution in [0.2, 0.25) is 0 Å². The fourth-order valence-electron chi connectivity index (χ4n) is 14.0. The van der Waals surface area contributed by atoms with Crippen LogP contribution in [0.25, 0.3) is 0 Å². The first kappa shape index (κ1) is 108. The minimum Gasteiger partial charge on any atom is -0.726 e. The Morgan fingerprint density at radius 1 is 0.165 bits per heavy atom. The van der Waals surface area contributed by atoms with Crippen LogP contribution < -0.4 is 0 Å². The molecule has 0 saturated heterocycles. The molecule has 0 atom stereocenters. The number of unbranched alkanes of at least 4 members (excludes halogenated alkanes) is 20. The first-order chi connectivity index (χ1) is 46.2. The van der Waals surface area contributed by atoms with E-state index in [0.717, 1.165) is 69.6 Å². The number of rotatable bonds is 60. The molecule has 0 saturated carbocycles. The van der Waals surface area contributed by atoms with Gasteiger partial charge in [0.2, 0.25) is 0 Å². The molecule has 0 aromatic heterocycles. The van der Waals surface area contributed by atoms with Crippen molar-refractivity contribution in [3.63, 3.8) is 0 Å². The predicted molar refractivity (Wildman–Crippen MR) is 480 cm³/mol. The number of hydrogen-bond acceptors (Lipinski definition) is 8. The molecule has 0 aromatic carbocycles. The molecule has 0 aliphatic rings. The summed E-state index contributed by atoms with van der Waals surface area (Å²) in [7, 11) is -7.04. The standard InChI is InChI=1S/4C21H46OS2.Mo/c4*1-6-11-16-22-21(23)24(17-12-7-2,18-13-8-3,19-14-9-4)20-15-10-5;/h4*23H,6-20H2,1-5H3;/q;;;;+4/p-4. The van der Waals surface area contributed by atoms with E-state index >= 15 is 0 Å². The molecule has 13 heteroatoms. The maximum atomic E-state index is 6.32. The zero-order valence-corrected chi connectivity index (χ0v) is 78.3. The minimum absolute atomic E-state index is 0. The van der Waals surface area contributed by atoms with Crippen molar-refractivity contribution in [1.82, 2.24) is 0 Å². The molecular formula is C84H180MoO4S8. The van der Waals surface area contributed by atoms with Gasteiger partial charge in [0.15, 0.2) is 0 Å². The number of ether oxygens (including phenoxy) is 4. The van der Waals surface area contributed by atoms with Gasteiger partial charge in [-0.3, -0.25) is 0 Å². The molecule has 97 heavy (non-hydrogen) atoms. The van der Waals surface area contributed by atoms with E-state index in [4.69, 9.17) is 69.5 Å². The summed E-state index contributed by atoms with van der Waals surface area (Å²) in [5.41, 5.74) is 0. The molecule has 0 aliphatic carbocycles. The Morgan fingerprint density at radius 2 is 0.247 bits per heavy atom.